The van der Waals surface area contributed by atoms with Crippen molar-refractivity contribution in [1.29, 1.82) is 0 Å². The van der Waals surface area contributed by atoms with Crippen LogP contribution in [0.5, 0.6) is 0 Å². The topological polar surface area (TPSA) is 95.7 Å². The molecule has 0 radical (unpaired) electrons. The van der Waals surface area contributed by atoms with E-state index in [2.05, 4.69) is 25.8 Å². The summed E-state index contributed by atoms with van der Waals surface area (Å²) >= 11 is 0. The number of nitrogens with zero attached hydrogens (tertiary/aromatic N) is 4. The van der Waals surface area contributed by atoms with Crippen LogP contribution in [0.25, 0.3) is 0 Å². The third-order valence-electron chi connectivity index (χ3n) is 4.61. The highest BCUT2D eigenvalue weighted by Gasteiger charge is 2.22. The molecule has 0 unspecified atom stereocenters. The summed E-state index contributed by atoms with van der Waals surface area (Å²) in [7, 11) is 0. The molecular weight excluding hydrogens is 368 g/mol. The largest absolute Gasteiger partial charge is 0.357 e. The summed E-state index contributed by atoms with van der Waals surface area (Å²) in [6.45, 7) is 10.6. The first-order chi connectivity index (χ1) is 13.9. The van der Waals surface area contributed by atoms with Crippen molar-refractivity contribution in [3.05, 3.63) is 41.5 Å². The number of rotatable bonds is 6. The minimum atomic E-state index is -0.171. The Balaban J connectivity index is 1.58. The average molecular weight is 399 g/mol. The van der Waals surface area contributed by atoms with Crippen molar-refractivity contribution >= 4 is 17.6 Å². The van der Waals surface area contributed by atoms with Gasteiger partial charge in [0.15, 0.2) is 11.8 Å². The van der Waals surface area contributed by atoms with Gasteiger partial charge in [-0.15, -0.1) is 0 Å². The monoisotopic (exact) mass is 398 g/mol. The number of hydrogen-bond acceptors (Lipinski definition) is 5. The number of benzene rings is 1. The number of aromatic nitrogens is 2. The number of nitrogens with one attached hydrogen (secondary N) is 2. The van der Waals surface area contributed by atoms with Crippen LogP contribution in [0.15, 0.2) is 33.8 Å². The number of hydrogen-bond donors (Lipinski definition) is 2. The summed E-state index contributed by atoms with van der Waals surface area (Å²) in [6, 6.07) is 8.01. The summed E-state index contributed by atoms with van der Waals surface area (Å²) < 4.78 is 5.32. The Morgan fingerprint density at radius 3 is 2.59 bits per heavy atom. The first-order valence-electron chi connectivity index (χ1n) is 10.1. The summed E-state index contributed by atoms with van der Waals surface area (Å²) in [5.74, 6) is 2.10. The van der Waals surface area contributed by atoms with Crippen molar-refractivity contribution in [1.82, 2.24) is 20.8 Å². The molecule has 0 spiro atoms. The molecule has 3 rings (SSSR count). The zero-order valence-electron chi connectivity index (χ0n) is 17.7. The normalized spacial score (nSPS) is 15.1. The minimum Gasteiger partial charge on any atom is -0.357 e. The van der Waals surface area contributed by atoms with E-state index in [1.165, 1.54) is 0 Å². The maximum Gasteiger partial charge on any atom is 0.232 e. The van der Waals surface area contributed by atoms with Crippen molar-refractivity contribution in [2.75, 3.05) is 18.0 Å². The van der Waals surface area contributed by atoms with Gasteiger partial charge in [-0.25, -0.2) is 4.99 Å². The Morgan fingerprint density at radius 1 is 1.24 bits per heavy atom. The lowest BCUT2D eigenvalue weighted by Crippen LogP contribution is -2.37. The molecule has 0 bridgehead atoms. The summed E-state index contributed by atoms with van der Waals surface area (Å²) in [5, 5.41) is 10.5. The third kappa shape index (κ3) is 5.56. The van der Waals surface area contributed by atoms with Crippen LogP contribution in [0.1, 0.15) is 57.8 Å². The van der Waals surface area contributed by atoms with Crippen molar-refractivity contribution in [3.8, 4) is 0 Å². The van der Waals surface area contributed by atoms with Gasteiger partial charge in [0.25, 0.3) is 0 Å². The molecule has 1 fully saturated rings. The van der Waals surface area contributed by atoms with Gasteiger partial charge >= 0.3 is 0 Å². The summed E-state index contributed by atoms with van der Waals surface area (Å²) in [4.78, 5) is 22.8. The zero-order valence-corrected chi connectivity index (χ0v) is 17.7. The van der Waals surface area contributed by atoms with Crippen LogP contribution in [0.4, 0.5) is 5.69 Å². The smallest absolute Gasteiger partial charge is 0.232 e. The van der Waals surface area contributed by atoms with Crippen LogP contribution >= 0.6 is 0 Å². The molecule has 1 aliphatic rings. The Kier molecular flexibility index (Phi) is 6.51. The quantitative estimate of drug-likeness (QED) is 0.574. The SMILES string of the molecule is CCNC(=NCc1ccc(N2CCCC2=O)cc1)NCc1noc(C(C)(C)C)n1. The van der Waals surface area contributed by atoms with E-state index in [-0.39, 0.29) is 11.3 Å². The molecule has 8 heteroatoms. The van der Waals surface area contributed by atoms with Gasteiger partial charge < -0.3 is 20.1 Å². The van der Waals surface area contributed by atoms with Gasteiger partial charge in [0.1, 0.15) is 0 Å². The molecule has 0 aliphatic carbocycles. The fourth-order valence-corrected chi connectivity index (χ4v) is 3.01. The maximum atomic E-state index is 11.9. The highest BCUT2D eigenvalue weighted by atomic mass is 16.5. The highest BCUT2D eigenvalue weighted by Crippen LogP contribution is 2.22. The van der Waals surface area contributed by atoms with E-state index in [4.69, 9.17) is 4.52 Å². The fourth-order valence-electron chi connectivity index (χ4n) is 3.01. The molecule has 8 nitrogen and oxygen atoms in total. The van der Waals surface area contributed by atoms with E-state index in [0.29, 0.717) is 37.2 Å². The lowest BCUT2D eigenvalue weighted by Gasteiger charge is -2.15. The van der Waals surface area contributed by atoms with Crippen LogP contribution in [0.2, 0.25) is 0 Å². The number of guanidine groups is 1. The number of amides is 1. The van der Waals surface area contributed by atoms with Gasteiger partial charge in [-0.2, -0.15) is 4.98 Å². The summed E-state index contributed by atoms with van der Waals surface area (Å²) in [5.41, 5.74) is 1.86. The van der Waals surface area contributed by atoms with Crippen molar-refractivity contribution < 1.29 is 9.32 Å². The van der Waals surface area contributed by atoms with Crippen molar-refractivity contribution in [2.24, 2.45) is 4.99 Å². The van der Waals surface area contributed by atoms with E-state index in [1.807, 2.05) is 56.9 Å². The van der Waals surface area contributed by atoms with Gasteiger partial charge in [-0.3, -0.25) is 4.79 Å². The Morgan fingerprint density at radius 2 is 2.00 bits per heavy atom. The van der Waals surface area contributed by atoms with E-state index in [9.17, 15) is 4.79 Å². The number of aliphatic imine (C=N–C) groups is 1. The van der Waals surface area contributed by atoms with Gasteiger partial charge in [0.05, 0.1) is 13.1 Å². The lowest BCUT2D eigenvalue weighted by molar-refractivity contribution is -0.117. The second-order valence-corrected chi connectivity index (χ2v) is 8.13. The van der Waals surface area contributed by atoms with Crippen molar-refractivity contribution in [3.63, 3.8) is 0 Å². The van der Waals surface area contributed by atoms with Gasteiger partial charge in [0.2, 0.25) is 11.8 Å². The second-order valence-electron chi connectivity index (χ2n) is 8.13. The minimum absolute atomic E-state index is 0.171. The molecule has 2 N–H and O–H groups in total. The molecule has 1 aromatic carbocycles. The van der Waals surface area contributed by atoms with Gasteiger partial charge in [-0.1, -0.05) is 38.1 Å². The molecule has 1 aliphatic heterocycles. The highest BCUT2D eigenvalue weighted by molar-refractivity contribution is 5.95. The van der Waals surface area contributed by atoms with Crippen LogP contribution in [-0.2, 0) is 23.3 Å². The molecule has 1 amide bonds. The average Bonchev–Trinajstić information content (AvgIpc) is 3.33. The molecule has 29 heavy (non-hydrogen) atoms. The number of carbonyl (C=O) groups excluding carboxylic acids is 1. The van der Waals surface area contributed by atoms with Gasteiger partial charge in [0, 0.05) is 30.6 Å². The Labute approximate surface area is 171 Å². The molecule has 0 saturated carbocycles. The first-order valence-corrected chi connectivity index (χ1v) is 10.1. The molecule has 0 atom stereocenters. The van der Waals surface area contributed by atoms with E-state index in [1.54, 1.807) is 0 Å². The van der Waals surface area contributed by atoms with Crippen LogP contribution in [0, 0.1) is 0 Å². The molecular formula is C21H30N6O2. The molecule has 2 heterocycles. The predicted octanol–water partition coefficient (Wildman–Crippen LogP) is 2.75. The fraction of sp³-hybridized carbons (Fsp3) is 0.524. The molecule has 1 aromatic heterocycles. The Hall–Kier alpha value is -2.90. The zero-order chi connectivity index (χ0) is 20.9. The van der Waals surface area contributed by atoms with Crippen molar-refractivity contribution in [2.45, 2.75) is 59.0 Å². The van der Waals surface area contributed by atoms with E-state index >= 15 is 0 Å². The second kappa shape index (κ2) is 9.07. The molecule has 2 aromatic rings. The predicted molar refractivity (Wildman–Crippen MR) is 113 cm³/mol. The van der Waals surface area contributed by atoms with E-state index < -0.39 is 0 Å². The Bertz CT molecular complexity index is 851. The van der Waals surface area contributed by atoms with Gasteiger partial charge in [-0.05, 0) is 31.0 Å². The molecule has 1 saturated heterocycles. The maximum absolute atomic E-state index is 11.9. The lowest BCUT2D eigenvalue weighted by atomic mass is 9.97. The summed E-state index contributed by atoms with van der Waals surface area (Å²) in [6.07, 6.45) is 1.57. The first kappa shape index (κ1) is 20.8. The number of anilines is 1. The number of carbonyl (C=O) groups is 1. The van der Waals surface area contributed by atoms with Crippen LogP contribution in [-0.4, -0.2) is 35.1 Å². The van der Waals surface area contributed by atoms with Crippen LogP contribution < -0.4 is 15.5 Å². The molecule has 156 valence electrons. The third-order valence-corrected chi connectivity index (χ3v) is 4.61. The standard InChI is InChI=1S/C21H30N6O2/c1-5-22-20(24-14-17-25-19(29-26-17)21(2,3)4)23-13-15-8-10-16(11-9-15)27-12-6-7-18(27)28/h8-11H,5-7,12-14H2,1-4H3,(H2,22,23,24). The van der Waals surface area contributed by atoms with Crippen LogP contribution in [0.3, 0.4) is 0 Å². The van der Waals surface area contributed by atoms with E-state index in [0.717, 1.165) is 30.8 Å².